The standard InChI is InChI=1S/C12H18N4/c1-2-5-9-8-10(9)15-12(13)16-11-6-3-4-7-14-11/h3-4,6-7,9-10H,2,5,8H2,1H3,(H3,13,14,15,16). The first kappa shape index (κ1) is 10.9. The first-order valence-corrected chi connectivity index (χ1v) is 5.81. The lowest BCUT2D eigenvalue weighted by Gasteiger charge is -2.03. The van der Waals surface area contributed by atoms with E-state index in [1.807, 2.05) is 18.2 Å². The number of nitrogens with two attached hydrogens (primary N) is 1. The van der Waals surface area contributed by atoms with Crippen molar-refractivity contribution in [3.63, 3.8) is 0 Å². The second-order valence-electron chi connectivity index (χ2n) is 4.21. The second-order valence-corrected chi connectivity index (χ2v) is 4.21. The molecular weight excluding hydrogens is 200 g/mol. The van der Waals surface area contributed by atoms with Crippen LogP contribution in [0.2, 0.25) is 0 Å². The molecule has 2 atom stereocenters. The van der Waals surface area contributed by atoms with Crippen molar-refractivity contribution < 1.29 is 0 Å². The maximum atomic E-state index is 5.80. The zero-order valence-electron chi connectivity index (χ0n) is 9.56. The lowest BCUT2D eigenvalue weighted by atomic mass is 10.2. The molecule has 0 bridgehead atoms. The molecule has 16 heavy (non-hydrogen) atoms. The predicted octanol–water partition coefficient (Wildman–Crippen LogP) is 2.00. The van der Waals surface area contributed by atoms with E-state index >= 15 is 0 Å². The molecule has 1 aromatic rings. The molecule has 3 N–H and O–H groups in total. The fraction of sp³-hybridized carbons (Fsp3) is 0.500. The minimum Gasteiger partial charge on any atom is -0.370 e. The third kappa shape index (κ3) is 2.95. The summed E-state index contributed by atoms with van der Waals surface area (Å²) in [5, 5.41) is 2.99. The number of pyridine rings is 1. The fourth-order valence-corrected chi connectivity index (χ4v) is 1.85. The normalized spacial score (nSPS) is 24.2. The van der Waals surface area contributed by atoms with Crippen LogP contribution in [0.15, 0.2) is 29.4 Å². The van der Waals surface area contributed by atoms with Gasteiger partial charge in [-0.1, -0.05) is 19.4 Å². The van der Waals surface area contributed by atoms with Crippen LogP contribution < -0.4 is 11.1 Å². The SMILES string of the molecule is CCCC1CC1N=C(N)Nc1ccccn1. The molecule has 1 saturated carbocycles. The van der Waals surface area contributed by atoms with Gasteiger partial charge in [0, 0.05) is 6.20 Å². The van der Waals surface area contributed by atoms with E-state index in [0.29, 0.717) is 12.0 Å². The number of aliphatic imine (C=N–C) groups is 1. The van der Waals surface area contributed by atoms with Gasteiger partial charge in [-0.15, -0.1) is 0 Å². The zero-order chi connectivity index (χ0) is 11.4. The van der Waals surface area contributed by atoms with Crippen LogP contribution >= 0.6 is 0 Å². The number of rotatable bonds is 4. The number of nitrogens with one attached hydrogen (secondary N) is 1. The highest BCUT2D eigenvalue weighted by Crippen LogP contribution is 2.37. The molecule has 1 aliphatic carbocycles. The molecule has 0 amide bonds. The first-order chi connectivity index (χ1) is 7.79. The molecule has 1 aromatic heterocycles. The highest BCUT2D eigenvalue weighted by Gasteiger charge is 2.35. The Morgan fingerprint density at radius 2 is 2.50 bits per heavy atom. The lowest BCUT2D eigenvalue weighted by molar-refractivity contribution is 0.683. The molecule has 0 radical (unpaired) electrons. The van der Waals surface area contributed by atoms with E-state index < -0.39 is 0 Å². The number of hydrogen-bond donors (Lipinski definition) is 2. The first-order valence-electron chi connectivity index (χ1n) is 5.81. The Kier molecular flexibility index (Phi) is 3.39. The monoisotopic (exact) mass is 218 g/mol. The Balaban J connectivity index is 1.85. The Bertz CT molecular complexity index is 361. The summed E-state index contributed by atoms with van der Waals surface area (Å²) in [4.78, 5) is 8.56. The van der Waals surface area contributed by atoms with Crippen molar-refractivity contribution in [3.05, 3.63) is 24.4 Å². The number of guanidine groups is 1. The van der Waals surface area contributed by atoms with Crippen molar-refractivity contribution >= 4 is 11.8 Å². The Morgan fingerprint density at radius 1 is 1.62 bits per heavy atom. The van der Waals surface area contributed by atoms with Crippen molar-refractivity contribution in [3.8, 4) is 0 Å². The summed E-state index contributed by atoms with van der Waals surface area (Å²) < 4.78 is 0. The molecule has 2 unspecified atom stereocenters. The summed E-state index contributed by atoms with van der Waals surface area (Å²) in [6.07, 6.45) is 5.39. The van der Waals surface area contributed by atoms with Gasteiger partial charge in [-0.3, -0.25) is 0 Å². The van der Waals surface area contributed by atoms with E-state index in [-0.39, 0.29) is 0 Å². The molecule has 0 aliphatic heterocycles. The van der Waals surface area contributed by atoms with Crippen LogP contribution in [0.3, 0.4) is 0 Å². The summed E-state index contributed by atoms with van der Waals surface area (Å²) in [5.41, 5.74) is 5.80. The van der Waals surface area contributed by atoms with Crippen molar-refractivity contribution in [2.24, 2.45) is 16.6 Å². The fourth-order valence-electron chi connectivity index (χ4n) is 1.85. The van der Waals surface area contributed by atoms with E-state index in [4.69, 9.17) is 5.73 Å². The van der Waals surface area contributed by atoms with E-state index in [9.17, 15) is 0 Å². The summed E-state index contributed by atoms with van der Waals surface area (Å²) >= 11 is 0. The molecule has 0 spiro atoms. The zero-order valence-corrected chi connectivity index (χ0v) is 9.56. The third-order valence-electron chi connectivity index (χ3n) is 2.77. The van der Waals surface area contributed by atoms with Crippen LogP contribution in [0.1, 0.15) is 26.2 Å². The Labute approximate surface area is 96.0 Å². The van der Waals surface area contributed by atoms with Crippen LogP contribution in [0.4, 0.5) is 5.82 Å². The summed E-state index contributed by atoms with van der Waals surface area (Å²) in [6, 6.07) is 6.09. The quantitative estimate of drug-likeness (QED) is 0.600. The van der Waals surface area contributed by atoms with Crippen LogP contribution in [-0.2, 0) is 0 Å². The van der Waals surface area contributed by atoms with Crippen molar-refractivity contribution in [1.82, 2.24) is 4.98 Å². The number of anilines is 1. The van der Waals surface area contributed by atoms with Crippen LogP contribution in [0.25, 0.3) is 0 Å². The molecular formula is C12H18N4. The van der Waals surface area contributed by atoms with Gasteiger partial charge in [0.2, 0.25) is 0 Å². The van der Waals surface area contributed by atoms with Gasteiger partial charge in [0.25, 0.3) is 0 Å². The maximum Gasteiger partial charge on any atom is 0.194 e. The smallest absolute Gasteiger partial charge is 0.194 e. The predicted molar refractivity (Wildman–Crippen MR) is 66.3 cm³/mol. The van der Waals surface area contributed by atoms with Gasteiger partial charge >= 0.3 is 0 Å². The van der Waals surface area contributed by atoms with Gasteiger partial charge in [0.1, 0.15) is 5.82 Å². The highest BCUT2D eigenvalue weighted by molar-refractivity contribution is 5.91. The molecule has 0 aromatic carbocycles. The van der Waals surface area contributed by atoms with Crippen molar-refractivity contribution in [1.29, 1.82) is 0 Å². The van der Waals surface area contributed by atoms with E-state index in [2.05, 4.69) is 22.2 Å². The number of aromatic nitrogens is 1. The molecule has 86 valence electrons. The van der Waals surface area contributed by atoms with Gasteiger partial charge in [0.05, 0.1) is 6.04 Å². The second kappa shape index (κ2) is 4.96. The van der Waals surface area contributed by atoms with Crippen LogP contribution in [-0.4, -0.2) is 17.0 Å². The largest absolute Gasteiger partial charge is 0.370 e. The van der Waals surface area contributed by atoms with E-state index in [0.717, 1.165) is 11.7 Å². The van der Waals surface area contributed by atoms with Gasteiger partial charge in [0.15, 0.2) is 5.96 Å². The highest BCUT2D eigenvalue weighted by atomic mass is 15.1. The van der Waals surface area contributed by atoms with Crippen molar-refractivity contribution in [2.75, 3.05) is 5.32 Å². The van der Waals surface area contributed by atoms with Gasteiger partial charge in [-0.05, 0) is 30.9 Å². The molecule has 1 heterocycles. The Morgan fingerprint density at radius 3 is 3.19 bits per heavy atom. The lowest BCUT2D eigenvalue weighted by Crippen LogP contribution is -2.23. The summed E-state index contributed by atoms with van der Waals surface area (Å²) in [5.74, 6) is 1.97. The topological polar surface area (TPSA) is 63.3 Å². The third-order valence-corrected chi connectivity index (χ3v) is 2.77. The van der Waals surface area contributed by atoms with E-state index in [1.165, 1.54) is 19.3 Å². The molecule has 0 saturated heterocycles. The Hall–Kier alpha value is -1.58. The number of nitrogens with zero attached hydrogens (tertiary/aromatic N) is 2. The summed E-state index contributed by atoms with van der Waals surface area (Å²) in [7, 11) is 0. The van der Waals surface area contributed by atoms with Crippen molar-refractivity contribution in [2.45, 2.75) is 32.2 Å². The minimum absolute atomic E-state index is 0.427. The average molecular weight is 218 g/mol. The number of hydrogen-bond acceptors (Lipinski definition) is 2. The molecule has 4 nitrogen and oxygen atoms in total. The van der Waals surface area contributed by atoms with Crippen LogP contribution in [0, 0.1) is 5.92 Å². The molecule has 1 fully saturated rings. The molecule has 4 heteroatoms. The van der Waals surface area contributed by atoms with Gasteiger partial charge in [-0.25, -0.2) is 9.98 Å². The van der Waals surface area contributed by atoms with E-state index in [1.54, 1.807) is 6.20 Å². The van der Waals surface area contributed by atoms with Gasteiger partial charge in [-0.2, -0.15) is 0 Å². The molecule has 2 rings (SSSR count). The van der Waals surface area contributed by atoms with Crippen LogP contribution in [0.5, 0.6) is 0 Å². The maximum absolute atomic E-state index is 5.80. The van der Waals surface area contributed by atoms with Gasteiger partial charge < -0.3 is 11.1 Å². The summed E-state index contributed by atoms with van der Waals surface area (Å²) in [6.45, 7) is 2.20. The molecule has 1 aliphatic rings. The average Bonchev–Trinajstić information content (AvgIpc) is 2.98. The minimum atomic E-state index is 0.427.